The molecule has 1 N–H and O–H groups in total. The van der Waals surface area contributed by atoms with Gasteiger partial charge in [-0.2, -0.15) is 0 Å². The summed E-state index contributed by atoms with van der Waals surface area (Å²) in [6.45, 7) is 6.15. The van der Waals surface area contributed by atoms with E-state index in [2.05, 4.69) is 32.7 Å². The summed E-state index contributed by atoms with van der Waals surface area (Å²) in [5.41, 5.74) is 0. The second-order valence-electron chi connectivity index (χ2n) is 4.29. The Bertz CT molecular complexity index is 344. The number of hydrogen-bond donors (Lipinski definition) is 1. The Morgan fingerprint density at radius 3 is 2.75 bits per heavy atom. The molecular formula is C11H16BrNO2S. The summed E-state index contributed by atoms with van der Waals surface area (Å²) in [6, 6.07) is 2.35. The zero-order chi connectivity index (χ0) is 11.6. The summed E-state index contributed by atoms with van der Waals surface area (Å²) in [5.74, 6) is -0.429. The Morgan fingerprint density at radius 2 is 2.19 bits per heavy atom. The molecule has 0 aromatic carbocycles. The molecule has 1 saturated heterocycles. The molecule has 0 saturated carbocycles. The van der Waals surface area contributed by atoms with Crippen LogP contribution >= 0.6 is 27.3 Å². The lowest BCUT2D eigenvalue weighted by atomic mass is 10.2. The molecule has 1 aromatic heterocycles. The lowest BCUT2D eigenvalue weighted by Crippen LogP contribution is -2.48. The van der Waals surface area contributed by atoms with Crippen molar-refractivity contribution in [3.8, 4) is 0 Å². The molecule has 0 radical (unpaired) electrons. The summed E-state index contributed by atoms with van der Waals surface area (Å²) >= 11 is 5.26. The minimum absolute atomic E-state index is 0.280. The summed E-state index contributed by atoms with van der Waals surface area (Å²) < 4.78 is 12.3. The number of ether oxygens (including phenoxy) is 2. The fraction of sp³-hybridized carbons (Fsp3) is 0.636. The standard InChI is InChI=1S/C11H16BrNO2S/c1-11(2)14-6-8(7-15-11)13-5-10-9(12)3-4-16-10/h3-4,8,13H,5-7H2,1-2H3. The highest BCUT2D eigenvalue weighted by molar-refractivity contribution is 9.10. The summed E-state index contributed by atoms with van der Waals surface area (Å²) in [6.07, 6.45) is 0. The van der Waals surface area contributed by atoms with Crippen LogP contribution in [0.2, 0.25) is 0 Å². The predicted molar refractivity (Wildman–Crippen MR) is 68.6 cm³/mol. The van der Waals surface area contributed by atoms with E-state index in [1.54, 1.807) is 11.3 Å². The van der Waals surface area contributed by atoms with E-state index in [1.807, 2.05) is 13.8 Å². The van der Waals surface area contributed by atoms with Gasteiger partial charge < -0.3 is 14.8 Å². The van der Waals surface area contributed by atoms with Crippen molar-refractivity contribution in [2.45, 2.75) is 32.2 Å². The van der Waals surface area contributed by atoms with Crippen molar-refractivity contribution in [2.24, 2.45) is 0 Å². The Hall–Kier alpha value is 0.0600. The molecule has 1 fully saturated rings. The average Bonchev–Trinajstić information content (AvgIpc) is 2.63. The van der Waals surface area contributed by atoms with Gasteiger partial charge in [-0.1, -0.05) is 0 Å². The molecule has 0 amide bonds. The van der Waals surface area contributed by atoms with Crippen LogP contribution in [0.5, 0.6) is 0 Å². The molecule has 0 atom stereocenters. The van der Waals surface area contributed by atoms with Gasteiger partial charge in [0.25, 0.3) is 0 Å². The molecule has 0 aliphatic carbocycles. The molecule has 0 unspecified atom stereocenters. The van der Waals surface area contributed by atoms with Crippen LogP contribution in [-0.2, 0) is 16.0 Å². The van der Waals surface area contributed by atoms with Gasteiger partial charge >= 0.3 is 0 Å². The molecule has 3 nitrogen and oxygen atoms in total. The third-order valence-electron chi connectivity index (χ3n) is 2.51. The molecular weight excluding hydrogens is 290 g/mol. The highest BCUT2D eigenvalue weighted by Crippen LogP contribution is 2.23. The molecule has 1 aliphatic heterocycles. The topological polar surface area (TPSA) is 30.5 Å². The molecule has 5 heteroatoms. The van der Waals surface area contributed by atoms with Gasteiger partial charge in [0.15, 0.2) is 5.79 Å². The van der Waals surface area contributed by atoms with Crippen LogP contribution in [0.25, 0.3) is 0 Å². The zero-order valence-corrected chi connectivity index (χ0v) is 11.9. The second kappa shape index (κ2) is 5.14. The third kappa shape index (κ3) is 3.28. The largest absolute Gasteiger partial charge is 0.349 e. The monoisotopic (exact) mass is 305 g/mol. The van der Waals surface area contributed by atoms with Gasteiger partial charge in [0, 0.05) is 15.9 Å². The van der Waals surface area contributed by atoms with Crippen LogP contribution in [0.4, 0.5) is 0 Å². The quantitative estimate of drug-likeness (QED) is 0.931. The Kier molecular flexibility index (Phi) is 4.02. The van der Waals surface area contributed by atoms with Gasteiger partial charge in [-0.15, -0.1) is 11.3 Å². The third-order valence-corrected chi connectivity index (χ3v) is 4.43. The predicted octanol–water partition coefficient (Wildman–Crippen LogP) is 2.75. The number of nitrogens with one attached hydrogen (secondary N) is 1. The fourth-order valence-electron chi connectivity index (χ4n) is 1.50. The molecule has 90 valence electrons. The molecule has 2 heterocycles. The Morgan fingerprint density at radius 1 is 1.50 bits per heavy atom. The first kappa shape index (κ1) is 12.5. The van der Waals surface area contributed by atoms with E-state index >= 15 is 0 Å². The van der Waals surface area contributed by atoms with Crippen LogP contribution in [0.15, 0.2) is 15.9 Å². The minimum atomic E-state index is -0.429. The van der Waals surface area contributed by atoms with E-state index in [0.717, 1.165) is 6.54 Å². The normalized spacial score (nSPS) is 21.2. The lowest BCUT2D eigenvalue weighted by molar-refractivity contribution is -0.253. The molecule has 1 aromatic rings. The van der Waals surface area contributed by atoms with Crippen molar-refractivity contribution in [3.05, 3.63) is 20.8 Å². The number of rotatable bonds is 3. The Labute approximate surface area is 108 Å². The second-order valence-corrected chi connectivity index (χ2v) is 6.15. The highest BCUT2D eigenvalue weighted by Gasteiger charge is 2.27. The van der Waals surface area contributed by atoms with Crippen molar-refractivity contribution in [2.75, 3.05) is 13.2 Å². The zero-order valence-electron chi connectivity index (χ0n) is 9.46. The lowest BCUT2D eigenvalue weighted by Gasteiger charge is -2.35. The molecule has 16 heavy (non-hydrogen) atoms. The SMILES string of the molecule is CC1(C)OCC(NCc2sccc2Br)CO1. The van der Waals surface area contributed by atoms with Gasteiger partial charge in [0.05, 0.1) is 19.3 Å². The molecule has 1 aliphatic rings. The van der Waals surface area contributed by atoms with E-state index < -0.39 is 5.79 Å². The first-order valence-electron chi connectivity index (χ1n) is 5.30. The molecule has 0 bridgehead atoms. The number of halogens is 1. The van der Waals surface area contributed by atoms with Gasteiger partial charge in [0.2, 0.25) is 0 Å². The van der Waals surface area contributed by atoms with Crippen LogP contribution in [-0.4, -0.2) is 25.0 Å². The maximum atomic E-state index is 5.59. The van der Waals surface area contributed by atoms with Crippen LogP contribution in [0.3, 0.4) is 0 Å². The summed E-state index contributed by atoms with van der Waals surface area (Å²) in [4.78, 5) is 1.31. The number of thiophene rings is 1. The van der Waals surface area contributed by atoms with Crippen molar-refractivity contribution in [1.82, 2.24) is 5.32 Å². The van der Waals surface area contributed by atoms with Gasteiger partial charge in [-0.3, -0.25) is 0 Å². The minimum Gasteiger partial charge on any atom is -0.349 e. The molecule has 2 rings (SSSR count). The van der Waals surface area contributed by atoms with Crippen LogP contribution < -0.4 is 5.32 Å². The Balaban J connectivity index is 1.78. The van der Waals surface area contributed by atoms with Crippen molar-refractivity contribution >= 4 is 27.3 Å². The van der Waals surface area contributed by atoms with Crippen molar-refractivity contribution in [3.63, 3.8) is 0 Å². The maximum Gasteiger partial charge on any atom is 0.162 e. The number of hydrogen-bond acceptors (Lipinski definition) is 4. The average molecular weight is 306 g/mol. The summed E-state index contributed by atoms with van der Waals surface area (Å²) in [5, 5.41) is 5.51. The van der Waals surface area contributed by atoms with E-state index in [0.29, 0.717) is 13.2 Å². The van der Waals surface area contributed by atoms with Crippen LogP contribution in [0.1, 0.15) is 18.7 Å². The van der Waals surface area contributed by atoms with Crippen LogP contribution in [0, 0.1) is 0 Å². The van der Waals surface area contributed by atoms with Crippen molar-refractivity contribution in [1.29, 1.82) is 0 Å². The van der Waals surface area contributed by atoms with E-state index in [9.17, 15) is 0 Å². The first-order valence-corrected chi connectivity index (χ1v) is 6.97. The van der Waals surface area contributed by atoms with E-state index in [-0.39, 0.29) is 6.04 Å². The van der Waals surface area contributed by atoms with E-state index in [1.165, 1.54) is 9.35 Å². The first-order chi connectivity index (χ1) is 7.57. The summed E-state index contributed by atoms with van der Waals surface area (Å²) in [7, 11) is 0. The highest BCUT2D eigenvalue weighted by atomic mass is 79.9. The van der Waals surface area contributed by atoms with E-state index in [4.69, 9.17) is 9.47 Å². The molecule has 0 spiro atoms. The smallest absolute Gasteiger partial charge is 0.162 e. The van der Waals surface area contributed by atoms with Crippen molar-refractivity contribution < 1.29 is 9.47 Å². The van der Waals surface area contributed by atoms with Gasteiger partial charge in [-0.05, 0) is 41.2 Å². The maximum absolute atomic E-state index is 5.59. The van der Waals surface area contributed by atoms with Gasteiger partial charge in [-0.25, -0.2) is 0 Å². The van der Waals surface area contributed by atoms with Gasteiger partial charge in [0.1, 0.15) is 0 Å². The fourth-order valence-corrected chi connectivity index (χ4v) is 2.94.